The highest BCUT2D eigenvalue weighted by molar-refractivity contribution is 5.19. The molecule has 0 saturated heterocycles. The van der Waals surface area contributed by atoms with Crippen LogP contribution in [0.4, 0.5) is 0 Å². The maximum atomic E-state index is 12.3. The minimum absolute atomic E-state index is 0.0402. The molecule has 0 N–H and O–H groups in total. The summed E-state index contributed by atoms with van der Waals surface area (Å²) in [5.74, 6) is 0. The lowest BCUT2D eigenvalue weighted by Crippen LogP contribution is -2.30. The van der Waals surface area contributed by atoms with Gasteiger partial charge < -0.3 is 4.57 Å². The van der Waals surface area contributed by atoms with E-state index in [0.29, 0.717) is 11.6 Å². The van der Waals surface area contributed by atoms with E-state index in [2.05, 4.69) is 6.07 Å². The number of aryl methyl sites for hydroxylation is 1. The van der Waals surface area contributed by atoms with Gasteiger partial charge in [-0.15, -0.1) is 0 Å². The highest BCUT2D eigenvalue weighted by Gasteiger charge is 2.18. The normalized spacial score (nSPS) is 16.7. The zero-order valence-electron chi connectivity index (χ0n) is 10.3. The van der Waals surface area contributed by atoms with Crippen LogP contribution in [0.25, 0.3) is 0 Å². The van der Waals surface area contributed by atoms with E-state index in [1.807, 2.05) is 17.6 Å². The lowest BCUT2D eigenvalue weighted by molar-refractivity contribution is 0.341. The smallest absolute Gasteiger partial charge is 0.255 e. The number of nitrogens with zero attached hydrogens (tertiary/aromatic N) is 2. The van der Waals surface area contributed by atoms with E-state index in [4.69, 9.17) is 5.26 Å². The lowest BCUT2D eigenvalue weighted by atomic mass is 9.94. The van der Waals surface area contributed by atoms with E-state index >= 15 is 0 Å². The van der Waals surface area contributed by atoms with Gasteiger partial charge in [-0.1, -0.05) is 25.3 Å². The Morgan fingerprint density at radius 3 is 2.71 bits per heavy atom. The van der Waals surface area contributed by atoms with Crippen LogP contribution in [0.2, 0.25) is 0 Å². The molecule has 1 saturated carbocycles. The zero-order valence-corrected chi connectivity index (χ0v) is 10.3. The van der Waals surface area contributed by atoms with E-state index in [1.165, 1.54) is 19.3 Å². The number of aromatic nitrogens is 1. The molecule has 0 unspecified atom stereocenters. The Labute approximate surface area is 102 Å². The molecule has 1 aromatic rings. The molecule has 3 nitrogen and oxygen atoms in total. The Hall–Kier alpha value is -1.56. The second kappa shape index (κ2) is 5.18. The maximum Gasteiger partial charge on any atom is 0.255 e. The molecule has 1 aromatic heterocycles. The standard InChI is InChI=1S/C14H18N2O/c1-11-7-8-12(9-10-15)14(17)16(11)13-5-3-2-4-6-13/h7-8,13H,2-6,9H2,1H3. The van der Waals surface area contributed by atoms with Crippen molar-refractivity contribution >= 4 is 0 Å². The summed E-state index contributed by atoms with van der Waals surface area (Å²) < 4.78 is 1.91. The van der Waals surface area contributed by atoms with Crippen LogP contribution in [0.3, 0.4) is 0 Å². The fraction of sp³-hybridized carbons (Fsp3) is 0.571. The number of hydrogen-bond acceptors (Lipinski definition) is 2. The fourth-order valence-electron chi connectivity index (χ4n) is 2.70. The molecule has 0 bridgehead atoms. The van der Waals surface area contributed by atoms with Crippen LogP contribution in [-0.4, -0.2) is 4.57 Å². The van der Waals surface area contributed by atoms with E-state index < -0.39 is 0 Å². The van der Waals surface area contributed by atoms with Crippen molar-refractivity contribution in [2.75, 3.05) is 0 Å². The van der Waals surface area contributed by atoms with E-state index in [9.17, 15) is 4.79 Å². The van der Waals surface area contributed by atoms with Crippen LogP contribution in [0.1, 0.15) is 49.4 Å². The summed E-state index contributed by atoms with van der Waals surface area (Å²) in [5.41, 5.74) is 1.69. The Kier molecular flexibility index (Phi) is 3.63. The first-order chi connectivity index (χ1) is 8.24. The summed E-state index contributed by atoms with van der Waals surface area (Å²) in [6, 6.07) is 6.16. The van der Waals surface area contributed by atoms with Crippen molar-refractivity contribution in [3.05, 3.63) is 33.7 Å². The maximum absolute atomic E-state index is 12.3. The molecule has 0 aromatic carbocycles. The molecule has 17 heavy (non-hydrogen) atoms. The van der Waals surface area contributed by atoms with Gasteiger partial charge in [0.1, 0.15) is 0 Å². The minimum Gasteiger partial charge on any atom is -0.310 e. The first-order valence-corrected chi connectivity index (χ1v) is 6.32. The lowest BCUT2D eigenvalue weighted by Gasteiger charge is -2.26. The molecule has 2 rings (SSSR count). The Morgan fingerprint density at radius 1 is 1.35 bits per heavy atom. The predicted octanol–water partition coefficient (Wildman–Crippen LogP) is 2.73. The Bertz CT molecular complexity index is 490. The first-order valence-electron chi connectivity index (χ1n) is 6.32. The molecule has 3 heteroatoms. The van der Waals surface area contributed by atoms with E-state index in [-0.39, 0.29) is 12.0 Å². The molecule has 0 aliphatic heterocycles. The monoisotopic (exact) mass is 230 g/mol. The highest BCUT2D eigenvalue weighted by Crippen LogP contribution is 2.27. The second-order valence-corrected chi connectivity index (χ2v) is 4.80. The van der Waals surface area contributed by atoms with Crippen molar-refractivity contribution in [2.24, 2.45) is 0 Å². The fourth-order valence-corrected chi connectivity index (χ4v) is 2.70. The molecule has 0 spiro atoms. The zero-order chi connectivity index (χ0) is 12.3. The molecule has 1 aliphatic carbocycles. The van der Waals surface area contributed by atoms with Crippen molar-refractivity contribution < 1.29 is 0 Å². The number of rotatable bonds is 2. The number of pyridine rings is 1. The molecule has 1 fully saturated rings. The summed E-state index contributed by atoms with van der Waals surface area (Å²) in [4.78, 5) is 12.3. The quantitative estimate of drug-likeness (QED) is 0.784. The summed E-state index contributed by atoms with van der Waals surface area (Å²) >= 11 is 0. The predicted molar refractivity (Wildman–Crippen MR) is 66.9 cm³/mol. The third-order valence-corrected chi connectivity index (χ3v) is 3.61. The molecule has 1 heterocycles. The van der Waals surface area contributed by atoms with Gasteiger partial charge in [0.05, 0.1) is 12.5 Å². The average molecular weight is 230 g/mol. The number of nitriles is 1. The van der Waals surface area contributed by atoms with Crippen molar-refractivity contribution in [3.63, 3.8) is 0 Å². The SMILES string of the molecule is Cc1ccc(CC#N)c(=O)n1C1CCCCC1. The number of hydrogen-bond donors (Lipinski definition) is 0. The summed E-state index contributed by atoms with van der Waals surface area (Å²) in [6.45, 7) is 1.98. The van der Waals surface area contributed by atoms with Gasteiger partial charge in [-0.3, -0.25) is 4.79 Å². The van der Waals surface area contributed by atoms with Gasteiger partial charge >= 0.3 is 0 Å². The Balaban J connectivity index is 2.41. The van der Waals surface area contributed by atoms with Crippen molar-refractivity contribution in [3.8, 4) is 6.07 Å². The first kappa shape index (κ1) is 11.9. The van der Waals surface area contributed by atoms with E-state index in [1.54, 1.807) is 6.07 Å². The van der Waals surface area contributed by atoms with Gasteiger partial charge in [-0.25, -0.2) is 0 Å². The summed E-state index contributed by atoms with van der Waals surface area (Å²) in [7, 11) is 0. The third-order valence-electron chi connectivity index (χ3n) is 3.61. The van der Waals surface area contributed by atoms with Crippen LogP contribution in [0.15, 0.2) is 16.9 Å². The van der Waals surface area contributed by atoms with Gasteiger partial charge in [0.25, 0.3) is 5.56 Å². The van der Waals surface area contributed by atoms with Crippen molar-refractivity contribution in [2.45, 2.75) is 51.5 Å². The molecule has 0 amide bonds. The van der Waals surface area contributed by atoms with E-state index in [0.717, 1.165) is 18.5 Å². The molecule has 1 aliphatic rings. The topological polar surface area (TPSA) is 45.8 Å². The van der Waals surface area contributed by atoms with Gasteiger partial charge in [0.15, 0.2) is 0 Å². The molecular formula is C14H18N2O. The van der Waals surface area contributed by atoms with Crippen molar-refractivity contribution in [1.29, 1.82) is 5.26 Å². The minimum atomic E-state index is 0.0402. The van der Waals surface area contributed by atoms with Gasteiger partial charge in [0.2, 0.25) is 0 Å². The molecule has 0 atom stereocenters. The van der Waals surface area contributed by atoms with Crippen LogP contribution in [0.5, 0.6) is 0 Å². The van der Waals surface area contributed by atoms with Gasteiger partial charge in [-0.2, -0.15) is 5.26 Å². The molecular weight excluding hydrogens is 212 g/mol. The van der Waals surface area contributed by atoms with Crippen LogP contribution >= 0.6 is 0 Å². The second-order valence-electron chi connectivity index (χ2n) is 4.80. The summed E-state index contributed by atoms with van der Waals surface area (Å²) in [5, 5.41) is 8.72. The molecule has 90 valence electrons. The largest absolute Gasteiger partial charge is 0.310 e. The van der Waals surface area contributed by atoms with Crippen LogP contribution in [0, 0.1) is 18.3 Å². The van der Waals surface area contributed by atoms with Crippen LogP contribution in [-0.2, 0) is 6.42 Å². The third kappa shape index (κ3) is 2.41. The van der Waals surface area contributed by atoms with Gasteiger partial charge in [0, 0.05) is 17.3 Å². The Morgan fingerprint density at radius 2 is 2.06 bits per heavy atom. The van der Waals surface area contributed by atoms with Crippen molar-refractivity contribution in [1.82, 2.24) is 4.57 Å². The molecule has 0 radical (unpaired) electrons. The van der Waals surface area contributed by atoms with Crippen LogP contribution < -0.4 is 5.56 Å². The average Bonchev–Trinajstić information content (AvgIpc) is 2.35. The van der Waals surface area contributed by atoms with Gasteiger partial charge in [-0.05, 0) is 25.8 Å². The highest BCUT2D eigenvalue weighted by atomic mass is 16.1. The summed E-state index contributed by atoms with van der Waals surface area (Å²) in [6.07, 6.45) is 6.10.